The molecule has 2 aliphatic carbocycles. The molecule has 2 saturated carbocycles. The molecule has 0 radical (unpaired) electrons. The summed E-state index contributed by atoms with van der Waals surface area (Å²) in [5, 5.41) is 10.8. The van der Waals surface area contributed by atoms with E-state index in [1.54, 1.807) is 7.11 Å². The van der Waals surface area contributed by atoms with Crippen molar-refractivity contribution >= 4 is 0 Å². The largest absolute Gasteiger partial charge is 0.390 e. The highest BCUT2D eigenvalue weighted by atomic mass is 16.5. The van der Waals surface area contributed by atoms with Gasteiger partial charge < -0.3 is 9.84 Å². The average molecular weight is 260 g/mol. The molecule has 3 unspecified atom stereocenters. The normalized spacial score (nSPS) is 30.8. The number of ether oxygens (including phenoxy) is 1. The van der Waals surface area contributed by atoms with Gasteiger partial charge in [-0.15, -0.1) is 0 Å². The number of benzene rings is 1. The summed E-state index contributed by atoms with van der Waals surface area (Å²) in [7, 11) is 1.77. The van der Waals surface area contributed by atoms with Gasteiger partial charge in [-0.05, 0) is 36.7 Å². The van der Waals surface area contributed by atoms with E-state index in [1.807, 2.05) is 0 Å². The number of hydrogen-bond acceptors (Lipinski definition) is 2. The second-order valence-electron chi connectivity index (χ2n) is 6.19. The van der Waals surface area contributed by atoms with Crippen LogP contribution in [0.3, 0.4) is 0 Å². The summed E-state index contributed by atoms with van der Waals surface area (Å²) in [6, 6.07) is 10.6. The first-order chi connectivity index (χ1) is 9.27. The zero-order valence-corrected chi connectivity index (χ0v) is 11.7. The van der Waals surface area contributed by atoms with E-state index in [-0.39, 0.29) is 11.7 Å². The topological polar surface area (TPSA) is 29.5 Å². The van der Waals surface area contributed by atoms with Crippen molar-refractivity contribution in [1.82, 2.24) is 0 Å². The van der Waals surface area contributed by atoms with Gasteiger partial charge in [0.25, 0.3) is 0 Å². The first-order valence-corrected chi connectivity index (χ1v) is 7.55. The van der Waals surface area contributed by atoms with Crippen LogP contribution in [0.5, 0.6) is 0 Å². The molecule has 0 spiro atoms. The zero-order valence-electron chi connectivity index (χ0n) is 11.7. The highest BCUT2D eigenvalue weighted by Crippen LogP contribution is 2.53. The fraction of sp³-hybridized carbons (Fsp3) is 0.647. The molecular formula is C17H24O2. The molecule has 104 valence electrons. The van der Waals surface area contributed by atoms with E-state index in [4.69, 9.17) is 4.74 Å². The van der Waals surface area contributed by atoms with Crippen LogP contribution in [0.4, 0.5) is 0 Å². The number of aliphatic hydroxyl groups excluding tert-OH is 1. The van der Waals surface area contributed by atoms with Crippen molar-refractivity contribution < 1.29 is 9.84 Å². The monoisotopic (exact) mass is 260 g/mol. The van der Waals surface area contributed by atoms with Crippen molar-refractivity contribution in [1.29, 1.82) is 0 Å². The maximum absolute atomic E-state index is 10.8. The third kappa shape index (κ3) is 2.44. The summed E-state index contributed by atoms with van der Waals surface area (Å²) < 4.78 is 5.78. The molecule has 2 heteroatoms. The Hall–Kier alpha value is -0.860. The Bertz CT molecular complexity index is 409. The van der Waals surface area contributed by atoms with Crippen LogP contribution in [0.2, 0.25) is 0 Å². The molecule has 1 aromatic carbocycles. The van der Waals surface area contributed by atoms with Crippen LogP contribution in [0.1, 0.15) is 50.0 Å². The fourth-order valence-corrected chi connectivity index (χ4v) is 3.81. The van der Waals surface area contributed by atoms with Gasteiger partial charge in [-0.25, -0.2) is 0 Å². The molecule has 2 fully saturated rings. The first kappa shape index (κ1) is 13.1. The predicted molar refractivity (Wildman–Crippen MR) is 76.1 cm³/mol. The summed E-state index contributed by atoms with van der Waals surface area (Å²) in [4.78, 5) is 0. The highest BCUT2D eigenvalue weighted by Gasteiger charge is 2.52. The summed E-state index contributed by atoms with van der Waals surface area (Å²) in [5.41, 5.74) is 1.10. The Morgan fingerprint density at radius 1 is 1.16 bits per heavy atom. The van der Waals surface area contributed by atoms with Gasteiger partial charge in [0.15, 0.2) is 0 Å². The third-order valence-electron chi connectivity index (χ3n) is 5.12. The average Bonchev–Trinajstić information content (AvgIpc) is 3.28. The quantitative estimate of drug-likeness (QED) is 0.898. The lowest BCUT2D eigenvalue weighted by atomic mass is 9.78. The number of rotatable bonds is 4. The molecule has 0 aromatic heterocycles. The Morgan fingerprint density at radius 3 is 2.47 bits per heavy atom. The number of hydrogen-bond donors (Lipinski definition) is 1. The molecule has 0 aliphatic heterocycles. The molecule has 3 rings (SSSR count). The van der Waals surface area contributed by atoms with Crippen LogP contribution in [0, 0.1) is 5.92 Å². The van der Waals surface area contributed by atoms with E-state index in [0.717, 1.165) is 19.3 Å². The number of aliphatic hydroxyl groups is 1. The minimum absolute atomic E-state index is 0.271. The Labute approximate surface area is 115 Å². The van der Waals surface area contributed by atoms with Crippen LogP contribution in [0.15, 0.2) is 30.3 Å². The lowest BCUT2D eigenvalue weighted by Gasteiger charge is -2.40. The fourth-order valence-electron chi connectivity index (χ4n) is 3.81. The van der Waals surface area contributed by atoms with Gasteiger partial charge in [-0.3, -0.25) is 0 Å². The van der Waals surface area contributed by atoms with Crippen molar-refractivity contribution in [2.45, 2.75) is 56.1 Å². The van der Waals surface area contributed by atoms with Crippen molar-refractivity contribution in [3.63, 3.8) is 0 Å². The molecule has 2 aliphatic rings. The summed E-state index contributed by atoms with van der Waals surface area (Å²) in [5.74, 6) is 0.922. The van der Waals surface area contributed by atoms with Crippen molar-refractivity contribution in [3.05, 3.63) is 35.9 Å². The SMILES string of the molecule is COC1(C(O)C2CC2c2ccccc2)CCCCC1. The second-order valence-corrected chi connectivity index (χ2v) is 6.19. The highest BCUT2D eigenvalue weighted by molar-refractivity contribution is 5.27. The summed E-state index contributed by atoms with van der Waals surface area (Å²) >= 11 is 0. The van der Waals surface area contributed by atoms with Crippen LogP contribution in [-0.4, -0.2) is 23.9 Å². The second kappa shape index (κ2) is 5.26. The van der Waals surface area contributed by atoms with E-state index < -0.39 is 0 Å². The maximum atomic E-state index is 10.8. The minimum atomic E-state index is -0.303. The van der Waals surface area contributed by atoms with Gasteiger partial charge in [-0.2, -0.15) is 0 Å². The van der Waals surface area contributed by atoms with E-state index in [2.05, 4.69) is 30.3 Å². The van der Waals surface area contributed by atoms with Gasteiger partial charge in [0.05, 0.1) is 11.7 Å². The van der Waals surface area contributed by atoms with Crippen LogP contribution < -0.4 is 0 Å². The molecule has 19 heavy (non-hydrogen) atoms. The van der Waals surface area contributed by atoms with Crippen molar-refractivity contribution in [3.8, 4) is 0 Å². The van der Waals surface area contributed by atoms with Crippen LogP contribution >= 0.6 is 0 Å². The smallest absolute Gasteiger partial charge is 0.0939 e. The van der Waals surface area contributed by atoms with E-state index in [1.165, 1.54) is 24.8 Å². The van der Waals surface area contributed by atoms with Gasteiger partial charge in [-0.1, -0.05) is 49.6 Å². The molecule has 1 aromatic rings. The summed E-state index contributed by atoms with van der Waals surface area (Å²) in [6.45, 7) is 0. The van der Waals surface area contributed by atoms with Crippen molar-refractivity contribution in [2.24, 2.45) is 5.92 Å². The Balaban J connectivity index is 1.70. The van der Waals surface area contributed by atoms with Crippen LogP contribution in [0.25, 0.3) is 0 Å². The van der Waals surface area contributed by atoms with Crippen LogP contribution in [-0.2, 0) is 4.74 Å². The van der Waals surface area contributed by atoms with E-state index in [0.29, 0.717) is 11.8 Å². The maximum Gasteiger partial charge on any atom is 0.0939 e. The minimum Gasteiger partial charge on any atom is -0.390 e. The molecule has 2 nitrogen and oxygen atoms in total. The third-order valence-corrected chi connectivity index (χ3v) is 5.12. The number of methoxy groups -OCH3 is 1. The molecule has 3 atom stereocenters. The standard InChI is InChI=1S/C17H24O2/c1-19-17(10-6-3-7-11-17)16(18)15-12-14(15)13-8-4-2-5-9-13/h2,4-5,8-9,14-16,18H,3,6-7,10-12H2,1H3. The first-order valence-electron chi connectivity index (χ1n) is 7.55. The molecule has 0 heterocycles. The molecule has 0 bridgehead atoms. The predicted octanol–water partition coefficient (Wildman–Crippen LogP) is 3.50. The van der Waals surface area contributed by atoms with E-state index >= 15 is 0 Å². The van der Waals surface area contributed by atoms with Gasteiger partial charge in [0.2, 0.25) is 0 Å². The van der Waals surface area contributed by atoms with Gasteiger partial charge in [0, 0.05) is 7.11 Å². The van der Waals surface area contributed by atoms with Crippen molar-refractivity contribution in [2.75, 3.05) is 7.11 Å². The molecule has 0 amide bonds. The molecule has 0 saturated heterocycles. The van der Waals surface area contributed by atoms with Gasteiger partial charge >= 0.3 is 0 Å². The molecular weight excluding hydrogens is 236 g/mol. The Kier molecular flexibility index (Phi) is 3.64. The molecule has 1 N–H and O–H groups in total. The zero-order chi connectivity index (χ0) is 13.3. The lowest BCUT2D eigenvalue weighted by Crippen LogP contribution is -2.47. The lowest BCUT2D eigenvalue weighted by molar-refractivity contribution is -0.130. The summed E-state index contributed by atoms with van der Waals surface area (Å²) in [6.07, 6.45) is 6.50. The van der Waals surface area contributed by atoms with Gasteiger partial charge in [0.1, 0.15) is 0 Å². The van der Waals surface area contributed by atoms with E-state index in [9.17, 15) is 5.11 Å². The Morgan fingerprint density at radius 2 is 1.84 bits per heavy atom.